The Morgan fingerprint density at radius 1 is 1.06 bits per heavy atom. The zero-order valence-corrected chi connectivity index (χ0v) is 19.1. The number of hydrogen-bond donors (Lipinski definition) is 0. The first kappa shape index (κ1) is 22.7. The van der Waals surface area contributed by atoms with E-state index in [9.17, 15) is 9.59 Å². The van der Waals surface area contributed by atoms with Crippen LogP contribution in [0, 0.1) is 0 Å². The lowest BCUT2D eigenvalue weighted by atomic mass is 10.1. The lowest BCUT2D eigenvalue weighted by Gasteiger charge is -2.36. The van der Waals surface area contributed by atoms with Crippen molar-refractivity contribution < 1.29 is 9.53 Å². The highest BCUT2D eigenvalue weighted by Crippen LogP contribution is 2.21. The van der Waals surface area contributed by atoms with Crippen LogP contribution >= 0.6 is 0 Å². The van der Waals surface area contributed by atoms with E-state index in [0.717, 1.165) is 36.5 Å². The lowest BCUT2D eigenvalue weighted by molar-refractivity contribution is -0.136. The van der Waals surface area contributed by atoms with Gasteiger partial charge in [0.15, 0.2) is 0 Å². The highest BCUT2D eigenvalue weighted by atomic mass is 16.5. The van der Waals surface area contributed by atoms with Crippen molar-refractivity contribution >= 4 is 5.91 Å². The number of carbonyl (C=O) groups is 1. The van der Waals surface area contributed by atoms with Crippen LogP contribution in [0.15, 0.2) is 65.7 Å². The summed E-state index contributed by atoms with van der Waals surface area (Å²) in [5.74, 6) is 0.690. The predicted molar refractivity (Wildman–Crippen MR) is 126 cm³/mol. The highest BCUT2D eigenvalue weighted by Gasteiger charge is 2.27. The quantitative estimate of drug-likeness (QED) is 0.554. The van der Waals surface area contributed by atoms with Crippen LogP contribution in [0.25, 0.3) is 11.3 Å². The Kier molecular flexibility index (Phi) is 7.14. The van der Waals surface area contributed by atoms with Crippen molar-refractivity contribution in [3.63, 3.8) is 0 Å². The Hall–Kier alpha value is -3.52. The van der Waals surface area contributed by atoms with Crippen LogP contribution in [-0.2, 0) is 11.3 Å². The Labute approximate surface area is 193 Å². The van der Waals surface area contributed by atoms with Gasteiger partial charge in [-0.2, -0.15) is 5.10 Å². The molecular weight excluding hydrogens is 418 g/mol. The molecule has 1 atom stereocenters. The molecule has 1 saturated heterocycles. The maximum atomic E-state index is 13.2. The minimum atomic E-state index is -0.676. The molecule has 4 rings (SSSR count). The molecule has 1 aromatic carbocycles. The van der Waals surface area contributed by atoms with Gasteiger partial charge in [-0.15, -0.1) is 0 Å². The molecule has 0 spiro atoms. The summed E-state index contributed by atoms with van der Waals surface area (Å²) in [6.07, 6.45) is 3.64. The SMILES string of the molecule is CCOc1ccc(-c2ccc(=O)n(C(C)C(=O)N3CCN(Cc4cccnc4)CC3)n2)cc1. The van der Waals surface area contributed by atoms with Gasteiger partial charge in [0.25, 0.3) is 5.56 Å². The van der Waals surface area contributed by atoms with E-state index in [0.29, 0.717) is 25.4 Å². The average molecular weight is 448 g/mol. The van der Waals surface area contributed by atoms with Crippen molar-refractivity contribution in [1.82, 2.24) is 24.6 Å². The molecule has 1 fully saturated rings. The Bertz CT molecular complexity index is 1120. The summed E-state index contributed by atoms with van der Waals surface area (Å²) < 4.78 is 6.77. The van der Waals surface area contributed by atoms with Gasteiger partial charge < -0.3 is 9.64 Å². The number of piperazine rings is 1. The molecule has 3 aromatic rings. The zero-order valence-electron chi connectivity index (χ0n) is 19.1. The second-order valence-electron chi connectivity index (χ2n) is 8.10. The fourth-order valence-corrected chi connectivity index (χ4v) is 3.99. The second kappa shape index (κ2) is 10.4. The van der Waals surface area contributed by atoms with Crippen molar-refractivity contribution in [2.75, 3.05) is 32.8 Å². The molecule has 1 unspecified atom stereocenters. The van der Waals surface area contributed by atoms with Crippen LogP contribution in [0.5, 0.6) is 5.75 Å². The number of rotatable bonds is 7. The molecule has 2 aromatic heterocycles. The summed E-state index contributed by atoms with van der Waals surface area (Å²) in [5.41, 5.74) is 2.36. The summed E-state index contributed by atoms with van der Waals surface area (Å²) in [6.45, 7) is 7.89. The van der Waals surface area contributed by atoms with E-state index in [1.807, 2.05) is 48.4 Å². The first-order valence-electron chi connectivity index (χ1n) is 11.3. The van der Waals surface area contributed by atoms with Crippen LogP contribution in [0.1, 0.15) is 25.5 Å². The van der Waals surface area contributed by atoms with E-state index in [1.54, 1.807) is 19.2 Å². The van der Waals surface area contributed by atoms with E-state index in [4.69, 9.17) is 4.74 Å². The van der Waals surface area contributed by atoms with Gasteiger partial charge in [0.2, 0.25) is 5.91 Å². The highest BCUT2D eigenvalue weighted by molar-refractivity contribution is 5.80. The third-order valence-electron chi connectivity index (χ3n) is 5.82. The standard InChI is InChI=1S/C25H29N5O3/c1-3-33-22-8-6-21(7-9-22)23-10-11-24(31)30(27-23)19(2)25(32)29-15-13-28(14-16-29)18-20-5-4-12-26-17-20/h4-12,17,19H,3,13-16,18H2,1-2H3. The molecule has 0 aliphatic carbocycles. The van der Waals surface area contributed by atoms with Crippen molar-refractivity contribution in [2.45, 2.75) is 26.4 Å². The van der Waals surface area contributed by atoms with Crippen molar-refractivity contribution in [3.8, 4) is 17.0 Å². The molecule has 0 N–H and O–H groups in total. The van der Waals surface area contributed by atoms with E-state index in [1.165, 1.54) is 10.7 Å². The first-order chi connectivity index (χ1) is 16.0. The summed E-state index contributed by atoms with van der Waals surface area (Å²) in [4.78, 5) is 34.0. The number of carbonyl (C=O) groups excluding carboxylic acids is 1. The third-order valence-corrected chi connectivity index (χ3v) is 5.82. The summed E-state index contributed by atoms with van der Waals surface area (Å²) in [5, 5.41) is 4.50. The molecule has 0 radical (unpaired) electrons. The molecule has 8 nitrogen and oxygen atoms in total. The van der Waals surface area contributed by atoms with Gasteiger partial charge in [0.1, 0.15) is 11.8 Å². The maximum absolute atomic E-state index is 13.2. The summed E-state index contributed by atoms with van der Waals surface area (Å²) in [7, 11) is 0. The second-order valence-corrected chi connectivity index (χ2v) is 8.10. The number of ether oxygens (including phenoxy) is 1. The Balaban J connectivity index is 1.42. The largest absolute Gasteiger partial charge is 0.494 e. The van der Waals surface area contributed by atoms with E-state index < -0.39 is 6.04 Å². The van der Waals surface area contributed by atoms with Gasteiger partial charge in [-0.25, -0.2) is 4.68 Å². The molecule has 172 valence electrons. The number of amides is 1. The van der Waals surface area contributed by atoms with Crippen LogP contribution in [0.3, 0.4) is 0 Å². The van der Waals surface area contributed by atoms with E-state index in [2.05, 4.69) is 21.0 Å². The van der Waals surface area contributed by atoms with E-state index in [-0.39, 0.29) is 11.5 Å². The molecule has 1 aliphatic rings. The van der Waals surface area contributed by atoms with E-state index >= 15 is 0 Å². The minimum absolute atomic E-state index is 0.0885. The van der Waals surface area contributed by atoms with Crippen LogP contribution in [-0.4, -0.2) is 63.3 Å². The van der Waals surface area contributed by atoms with Gasteiger partial charge in [-0.1, -0.05) is 6.07 Å². The summed E-state index contributed by atoms with van der Waals surface area (Å²) >= 11 is 0. The number of pyridine rings is 1. The molecular formula is C25H29N5O3. The normalized spacial score (nSPS) is 15.3. The number of benzene rings is 1. The molecule has 8 heteroatoms. The van der Waals surface area contributed by atoms with Gasteiger partial charge in [-0.3, -0.25) is 19.5 Å². The number of aromatic nitrogens is 3. The monoisotopic (exact) mass is 447 g/mol. The summed E-state index contributed by atoms with van der Waals surface area (Å²) in [6, 6.07) is 14.0. The molecule has 1 aliphatic heterocycles. The van der Waals surface area contributed by atoms with Gasteiger partial charge in [0.05, 0.1) is 12.3 Å². The first-order valence-corrected chi connectivity index (χ1v) is 11.3. The fraction of sp³-hybridized carbons (Fsp3) is 0.360. The van der Waals surface area contributed by atoms with Crippen LogP contribution in [0.4, 0.5) is 0 Å². The van der Waals surface area contributed by atoms with Gasteiger partial charge >= 0.3 is 0 Å². The van der Waals surface area contributed by atoms with Crippen molar-refractivity contribution in [3.05, 3.63) is 76.8 Å². The number of nitrogens with zero attached hydrogens (tertiary/aromatic N) is 5. The lowest BCUT2D eigenvalue weighted by Crippen LogP contribution is -2.50. The van der Waals surface area contributed by atoms with Crippen LogP contribution in [0.2, 0.25) is 0 Å². The average Bonchev–Trinajstić information content (AvgIpc) is 2.85. The fourth-order valence-electron chi connectivity index (χ4n) is 3.99. The Morgan fingerprint density at radius 3 is 2.48 bits per heavy atom. The molecule has 1 amide bonds. The predicted octanol–water partition coefficient (Wildman–Crippen LogP) is 2.61. The molecule has 0 bridgehead atoms. The van der Waals surface area contributed by atoms with Crippen LogP contribution < -0.4 is 10.3 Å². The van der Waals surface area contributed by atoms with Crippen molar-refractivity contribution in [1.29, 1.82) is 0 Å². The maximum Gasteiger partial charge on any atom is 0.267 e. The molecule has 33 heavy (non-hydrogen) atoms. The third kappa shape index (κ3) is 5.46. The molecule has 3 heterocycles. The topological polar surface area (TPSA) is 80.6 Å². The van der Waals surface area contributed by atoms with Crippen molar-refractivity contribution in [2.24, 2.45) is 0 Å². The van der Waals surface area contributed by atoms with Gasteiger partial charge in [-0.05, 0) is 55.8 Å². The smallest absolute Gasteiger partial charge is 0.267 e. The number of hydrogen-bond acceptors (Lipinski definition) is 6. The minimum Gasteiger partial charge on any atom is -0.494 e. The molecule has 0 saturated carbocycles. The zero-order chi connectivity index (χ0) is 23.2. The van der Waals surface area contributed by atoms with Gasteiger partial charge in [0, 0.05) is 56.7 Å². The Morgan fingerprint density at radius 2 is 1.82 bits per heavy atom.